The van der Waals surface area contributed by atoms with Crippen LogP contribution in [-0.4, -0.2) is 31.5 Å². The van der Waals surface area contributed by atoms with Gasteiger partial charge in [0.1, 0.15) is 17.3 Å². The second-order valence-corrected chi connectivity index (χ2v) is 7.81. The van der Waals surface area contributed by atoms with Gasteiger partial charge < -0.3 is 5.32 Å². The average molecular weight is 455 g/mol. The second-order valence-electron chi connectivity index (χ2n) is 6.81. The Hall–Kier alpha value is -3.53. The van der Waals surface area contributed by atoms with Gasteiger partial charge in [0.2, 0.25) is 5.82 Å². The minimum Gasteiger partial charge on any atom is -0.315 e. The Morgan fingerprint density at radius 3 is 2.62 bits per heavy atom. The molecule has 7 nitrogen and oxygen atoms in total. The fourth-order valence-corrected chi connectivity index (χ4v) is 4.55. The molecule has 1 aliphatic rings. The van der Waals surface area contributed by atoms with E-state index in [-0.39, 0.29) is 5.01 Å². The van der Waals surface area contributed by atoms with Gasteiger partial charge in [0, 0.05) is 5.56 Å². The summed E-state index contributed by atoms with van der Waals surface area (Å²) in [5.41, 5.74) is 3.20. The van der Waals surface area contributed by atoms with Crippen LogP contribution in [-0.2, 0) is 12.8 Å². The number of carbonyl (C=O) groups excluding carboxylic acids is 1. The number of aromatic amines is 1. The van der Waals surface area contributed by atoms with Crippen molar-refractivity contribution in [1.29, 1.82) is 0 Å². The van der Waals surface area contributed by atoms with Gasteiger partial charge in [-0.25, -0.2) is 13.8 Å². The number of tetrazole rings is 1. The van der Waals surface area contributed by atoms with Gasteiger partial charge in [-0.1, -0.05) is 32.0 Å². The van der Waals surface area contributed by atoms with Crippen molar-refractivity contribution in [2.75, 3.05) is 5.32 Å². The summed E-state index contributed by atoms with van der Waals surface area (Å²) in [7, 11) is 0. The Labute approximate surface area is 186 Å². The standard InChI is InChI=1S/C20H14F2N6OS.C2H6/c21-13-4-2-5-14(22)16(13)24-19(29)20-23-15-6-1-3-10-7-8-11(18-25-27-28-26-18)9-12(10)17(15)30-20;1-2/h2,4-5,7-9H,1,3,6H2,(H,24,29)(H,25,26,27,28);1-2H3. The van der Waals surface area contributed by atoms with Crippen molar-refractivity contribution in [3.63, 3.8) is 0 Å². The summed E-state index contributed by atoms with van der Waals surface area (Å²) < 4.78 is 27.8. The molecular weight excluding hydrogens is 434 g/mol. The molecule has 0 unspecified atom stereocenters. The Balaban J connectivity index is 0.00000119. The molecule has 2 N–H and O–H groups in total. The van der Waals surface area contributed by atoms with E-state index in [2.05, 4.69) is 30.9 Å². The van der Waals surface area contributed by atoms with Gasteiger partial charge in [-0.05, 0) is 53.8 Å². The fraction of sp³-hybridized carbons (Fsp3) is 0.227. The minimum absolute atomic E-state index is 0.153. The van der Waals surface area contributed by atoms with Crippen LogP contribution >= 0.6 is 11.3 Å². The number of benzene rings is 2. The number of halogens is 2. The number of fused-ring (bicyclic) bond motifs is 3. The van der Waals surface area contributed by atoms with Gasteiger partial charge in [-0.2, -0.15) is 5.21 Å². The summed E-state index contributed by atoms with van der Waals surface area (Å²) in [6, 6.07) is 9.33. The minimum atomic E-state index is -0.837. The van der Waals surface area contributed by atoms with Crippen LogP contribution in [0.1, 0.15) is 41.3 Å². The number of anilines is 1. The highest BCUT2D eigenvalue weighted by Gasteiger charge is 2.24. The third-order valence-electron chi connectivity index (χ3n) is 4.91. The van der Waals surface area contributed by atoms with Crippen molar-refractivity contribution < 1.29 is 13.6 Å². The lowest BCUT2D eigenvalue weighted by atomic mass is 10.0. The maximum atomic E-state index is 13.9. The number of H-pyrrole nitrogens is 1. The van der Waals surface area contributed by atoms with E-state index in [9.17, 15) is 13.6 Å². The van der Waals surface area contributed by atoms with Crippen LogP contribution in [0.25, 0.3) is 21.8 Å². The SMILES string of the molecule is CC.O=C(Nc1c(F)cccc1F)c1nc2c(s1)-c1cc(-c3nn[nH]n3)ccc1CCC2. The molecule has 0 saturated carbocycles. The first-order valence-corrected chi connectivity index (χ1v) is 11.0. The van der Waals surface area contributed by atoms with Crippen LogP contribution in [0.2, 0.25) is 0 Å². The van der Waals surface area contributed by atoms with E-state index in [0.717, 1.165) is 52.2 Å². The molecule has 0 bridgehead atoms. The maximum Gasteiger partial charge on any atom is 0.284 e. The van der Waals surface area contributed by atoms with E-state index in [1.807, 2.05) is 32.0 Å². The van der Waals surface area contributed by atoms with Crippen molar-refractivity contribution >= 4 is 22.9 Å². The number of para-hydroxylation sites is 1. The monoisotopic (exact) mass is 454 g/mol. The molecule has 0 aliphatic heterocycles. The number of nitrogens with one attached hydrogen (secondary N) is 2. The zero-order valence-electron chi connectivity index (χ0n) is 17.4. The number of nitrogens with zero attached hydrogens (tertiary/aromatic N) is 4. The number of aryl methyl sites for hydroxylation is 2. The maximum absolute atomic E-state index is 13.9. The summed E-state index contributed by atoms with van der Waals surface area (Å²) >= 11 is 1.20. The zero-order valence-corrected chi connectivity index (χ0v) is 18.3. The highest BCUT2D eigenvalue weighted by atomic mass is 32.1. The summed E-state index contributed by atoms with van der Waals surface area (Å²) in [5, 5.41) is 16.5. The average Bonchev–Trinajstić information content (AvgIpc) is 3.46. The van der Waals surface area contributed by atoms with Crippen molar-refractivity contribution in [2.24, 2.45) is 0 Å². The summed E-state index contributed by atoms with van der Waals surface area (Å²) in [6.45, 7) is 4.00. The molecule has 0 fully saturated rings. The highest BCUT2D eigenvalue weighted by molar-refractivity contribution is 7.17. The Kier molecular flexibility index (Phi) is 6.31. The molecule has 0 atom stereocenters. The molecule has 5 rings (SSSR count). The third-order valence-corrected chi connectivity index (χ3v) is 6.04. The Morgan fingerprint density at radius 2 is 1.91 bits per heavy atom. The van der Waals surface area contributed by atoms with Crippen LogP contribution < -0.4 is 5.32 Å². The van der Waals surface area contributed by atoms with Crippen LogP contribution in [0.15, 0.2) is 36.4 Å². The first-order valence-electron chi connectivity index (χ1n) is 10.2. The number of amides is 1. The fourth-order valence-electron chi connectivity index (χ4n) is 3.49. The van der Waals surface area contributed by atoms with E-state index in [0.29, 0.717) is 12.2 Å². The van der Waals surface area contributed by atoms with Crippen molar-refractivity contribution in [2.45, 2.75) is 33.1 Å². The molecule has 10 heteroatoms. The lowest BCUT2D eigenvalue weighted by Crippen LogP contribution is -2.14. The number of hydrogen-bond donors (Lipinski definition) is 2. The molecule has 1 aliphatic carbocycles. The van der Waals surface area contributed by atoms with E-state index >= 15 is 0 Å². The lowest BCUT2D eigenvalue weighted by molar-refractivity contribution is 0.102. The molecule has 2 aromatic carbocycles. The van der Waals surface area contributed by atoms with Crippen LogP contribution in [0.4, 0.5) is 14.5 Å². The van der Waals surface area contributed by atoms with E-state index in [1.54, 1.807) is 0 Å². The quantitative estimate of drug-likeness (QED) is 0.452. The molecule has 0 saturated heterocycles. The number of rotatable bonds is 3. The Bertz CT molecular complexity index is 1240. The predicted molar refractivity (Wildman–Crippen MR) is 118 cm³/mol. The molecule has 2 heterocycles. The van der Waals surface area contributed by atoms with E-state index in [4.69, 9.17) is 0 Å². The largest absolute Gasteiger partial charge is 0.315 e. The second kappa shape index (κ2) is 9.31. The number of carbonyl (C=O) groups is 1. The topological polar surface area (TPSA) is 96.5 Å². The first kappa shape index (κ1) is 21.7. The van der Waals surface area contributed by atoms with Crippen LogP contribution in [0.5, 0.6) is 0 Å². The molecule has 1 amide bonds. The molecule has 4 aromatic rings. The van der Waals surface area contributed by atoms with Gasteiger partial charge in [0.15, 0.2) is 5.01 Å². The van der Waals surface area contributed by atoms with E-state index in [1.165, 1.54) is 17.4 Å². The summed E-state index contributed by atoms with van der Waals surface area (Å²) in [6.07, 6.45) is 2.47. The van der Waals surface area contributed by atoms with Gasteiger partial charge in [0.25, 0.3) is 5.91 Å². The van der Waals surface area contributed by atoms with Gasteiger partial charge in [0.05, 0.1) is 10.6 Å². The van der Waals surface area contributed by atoms with E-state index < -0.39 is 23.2 Å². The van der Waals surface area contributed by atoms with Crippen molar-refractivity contribution in [1.82, 2.24) is 25.6 Å². The zero-order chi connectivity index (χ0) is 22.7. The molecule has 32 heavy (non-hydrogen) atoms. The predicted octanol–water partition coefficient (Wildman–Crippen LogP) is 5.04. The molecule has 0 spiro atoms. The molecule has 164 valence electrons. The number of thiazole rings is 1. The summed E-state index contributed by atoms with van der Waals surface area (Å²) in [5.74, 6) is -1.85. The van der Waals surface area contributed by atoms with Gasteiger partial charge in [-0.15, -0.1) is 21.5 Å². The van der Waals surface area contributed by atoms with Crippen LogP contribution in [0, 0.1) is 11.6 Å². The van der Waals surface area contributed by atoms with Crippen LogP contribution in [0.3, 0.4) is 0 Å². The summed E-state index contributed by atoms with van der Waals surface area (Å²) in [4.78, 5) is 18.0. The van der Waals surface area contributed by atoms with Gasteiger partial charge >= 0.3 is 0 Å². The van der Waals surface area contributed by atoms with Crippen molar-refractivity contribution in [3.05, 3.63) is 64.3 Å². The third kappa shape index (κ3) is 4.13. The first-order chi connectivity index (χ1) is 15.6. The molecule has 0 radical (unpaired) electrons. The lowest BCUT2D eigenvalue weighted by Gasteiger charge is -2.07. The molecule has 2 aromatic heterocycles. The number of aromatic nitrogens is 5. The highest BCUT2D eigenvalue weighted by Crippen LogP contribution is 2.38. The number of hydrogen-bond acceptors (Lipinski definition) is 6. The smallest absolute Gasteiger partial charge is 0.284 e. The van der Waals surface area contributed by atoms with Crippen molar-refractivity contribution in [3.8, 4) is 21.8 Å². The van der Waals surface area contributed by atoms with Gasteiger partial charge in [-0.3, -0.25) is 4.79 Å². The normalized spacial score (nSPS) is 12.1. The molecular formula is C22H20F2N6OS. The Morgan fingerprint density at radius 1 is 1.12 bits per heavy atom.